The van der Waals surface area contributed by atoms with Crippen LogP contribution in [0.15, 0.2) is 29.3 Å². The SMILES string of the molecule is Cc1c(F)cc2c(c1F)c(C#N)c(-c1ccc(S(=O)(=O)NC(C)C(F)(F)F)cn1)n2C1CCC1. The summed E-state index contributed by atoms with van der Waals surface area (Å²) in [4.78, 5) is 3.57. The van der Waals surface area contributed by atoms with Crippen LogP contribution in [0.3, 0.4) is 0 Å². The van der Waals surface area contributed by atoms with Crippen LogP contribution in [0.5, 0.6) is 0 Å². The van der Waals surface area contributed by atoms with Crippen molar-refractivity contribution in [3.05, 3.63) is 47.2 Å². The predicted octanol–water partition coefficient (Wildman–Crippen LogP) is 5.12. The minimum atomic E-state index is -4.77. The van der Waals surface area contributed by atoms with E-state index in [1.165, 1.54) is 13.0 Å². The van der Waals surface area contributed by atoms with Crippen LogP contribution in [0, 0.1) is 29.9 Å². The molecule has 2 aromatic heterocycles. The molecule has 34 heavy (non-hydrogen) atoms. The van der Waals surface area contributed by atoms with Crippen molar-refractivity contribution < 1.29 is 30.4 Å². The van der Waals surface area contributed by atoms with E-state index in [1.54, 1.807) is 9.29 Å². The summed E-state index contributed by atoms with van der Waals surface area (Å²) in [5.74, 6) is -1.63. The second-order valence-corrected chi connectivity index (χ2v) is 9.96. The van der Waals surface area contributed by atoms with Crippen LogP contribution < -0.4 is 4.72 Å². The standard InChI is InChI=1S/C22H19F5N4O2S/c1-11-16(23)8-18-19(20(11)24)15(9-28)21(31(18)13-4-3-5-13)17-7-6-14(10-29-17)34(32,33)30-12(2)22(25,26)27/h6-8,10,12-13,30H,3-5H2,1-2H3. The topological polar surface area (TPSA) is 87.8 Å². The van der Waals surface area contributed by atoms with Crippen LogP contribution in [0.1, 0.15) is 43.4 Å². The van der Waals surface area contributed by atoms with Crippen molar-refractivity contribution in [2.45, 2.75) is 56.3 Å². The number of nitrogens with zero attached hydrogens (tertiary/aromatic N) is 3. The number of fused-ring (bicyclic) bond motifs is 1. The Kier molecular flexibility index (Phi) is 5.90. The second kappa shape index (κ2) is 8.32. The molecule has 6 nitrogen and oxygen atoms in total. The molecule has 1 saturated carbocycles. The normalized spacial score (nSPS) is 15.8. The summed E-state index contributed by atoms with van der Waals surface area (Å²) in [6, 6.07) is 2.96. The Morgan fingerprint density at radius 2 is 1.94 bits per heavy atom. The van der Waals surface area contributed by atoms with Crippen molar-refractivity contribution in [3.63, 3.8) is 0 Å². The summed E-state index contributed by atoms with van der Waals surface area (Å²) in [6.07, 6.45) is -1.60. The predicted molar refractivity (Wildman–Crippen MR) is 113 cm³/mol. The van der Waals surface area contributed by atoms with Gasteiger partial charge in [0.25, 0.3) is 0 Å². The van der Waals surface area contributed by atoms with Crippen molar-refractivity contribution in [1.82, 2.24) is 14.3 Å². The molecule has 0 spiro atoms. The van der Waals surface area contributed by atoms with Crippen LogP contribution in [-0.2, 0) is 10.0 Å². The fraction of sp³-hybridized carbons (Fsp3) is 0.364. The first kappa shape index (κ1) is 24.1. The molecule has 0 saturated heterocycles. The fourth-order valence-electron chi connectivity index (χ4n) is 3.92. The average molecular weight is 498 g/mol. The van der Waals surface area contributed by atoms with E-state index in [0.717, 1.165) is 24.8 Å². The van der Waals surface area contributed by atoms with Gasteiger partial charge in [0.05, 0.1) is 27.9 Å². The number of nitriles is 1. The van der Waals surface area contributed by atoms with Crippen molar-refractivity contribution in [3.8, 4) is 17.5 Å². The molecule has 0 bridgehead atoms. The Morgan fingerprint density at radius 3 is 2.44 bits per heavy atom. The third-order valence-electron chi connectivity index (χ3n) is 6.08. The van der Waals surface area contributed by atoms with Gasteiger partial charge in [-0.25, -0.2) is 17.2 Å². The van der Waals surface area contributed by atoms with Crippen molar-refractivity contribution in [2.24, 2.45) is 0 Å². The number of alkyl halides is 3. The number of nitrogens with one attached hydrogen (secondary N) is 1. The fourth-order valence-corrected chi connectivity index (χ4v) is 5.10. The lowest BCUT2D eigenvalue weighted by Gasteiger charge is -2.30. The van der Waals surface area contributed by atoms with Crippen LogP contribution >= 0.6 is 0 Å². The largest absolute Gasteiger partial charge is 0.404 e. The van der Waals surface area contributed by atoms with Gasteiger partial charge < -0.3 is 4.57 Å². The number of aromatic nitrogens is 2. The second-order valence-electron chi connectivity index (χ2n) is 8.25. The average Bonchev–Trinajstić information content (AvgIpc) is 3.03. The molecular weight excluding hydrogens is 479 g/mol. The van der Waals surface area contributed by atoms with Gasteiger partial charge in [-0.1, -0.05) is 0 Å². The molecule has 1 unspecified atom stereocenters. The van der Waals surface area contributed by atoms with Crippen molar-refractivity contribution >= 4 is 20.9 Å². The minimum Gasteiger partial charge on any atom is -0.335 e. The maximum absolute atomic E-state index is 15.0. The lowest BCUT2D eigenvalue weighted by Crippen LogP contribution is -2.42. The van der Waals surface area contributed by atoms with E-state index < -0.39 is 38.8 Å². The molecule has 0 amide bonds. The Labute approximate surface area is 192 Å². The molecule has 1 aliphatic rings. The van der Waals surface area contributed by atoms with E-state index in [9.17, 15) is 31.2 Å². The first-order chi connectivity index (χ1) is 15.9. The minimum absolute atomic E-state index is 0.0533. The highest BCUT2D eigenvalue weighted by Crippen LogP contribution is 2.43. The Balaban J connectivity index is 1.86. The number of rotatable bonds is 5. The zero-order valence-corrected chi connectivity index (χ0v) is 18.9. The number of sulfonamides is 1. The quantitative estimate of drug-likeness (QED) is 0.495. The van der Waals surface area contributed by atoms with Gasteiger partial charge >= 0.3 is 6.18 Å². The summed E-state index contributed by atoms with van der Waals surface area (Å²) in [5.41, 5.74) is 0.192. The van der Waals surface area contributed by atoms with Crippen LogP contribution in [0.25, 0.3) is 22.3 Å². The first-order valence-electron chi connectivity index (χ1n) is 10.3. The van der Waals surface area contributed by atoms with Gasteiger partial charge in [0.1, 0.15) is 28.6 Å². The molecule has 0 aliphatic heterocycles. The molecule has 1 fully saturated rings. The summed E-state index contributed by atoms with van der Waals surface area (Å²) in [5, 5.41) is 9.79. The summed E-state index contributed by atoms with van der Waals surface area (Å²) in [6.45, 7) is 1.93. The summed E-state index contributed by atoms with van der Waals surface area (Å²) >= 11 is 0. The van der Waals surface area contributed by atoms with Crippen LogP contribution in [-0.4, -0.2) is 30.2 Å². The van der Waals surface area contributed by atoms with Gasteiger partial charge in [-0.2, -0.15) is 23.2 Å². The molecule has 1 aromatic carbocycles. The highest BCUT2D eigenvalue weighted by atomic mass is 32.2. The molecule has 2 heterocycles. The molecule has 1 aliphatic carbocycles. The maximum Gasteiger partial charge on any atom is 0.404 e. The van der Waals surface area contributed by atoms with Gasteiger partial charge in [0.15, 0.2) is 0 Å². The molecule has 12 heteroatoms. The molecule has 180 valence electrons. The van der Waals surface area contributed by atoms with Crippen molar-refractivity contribution in [2.75, 3.05) is 0 Å². The Hall–Kier alpha value is -3.04. The highest BCUT2D eigenvalue weighted by Gasteiger charge is 2.39. The highest BCUT2D eigenvalue weighted by molar-refractivity contribution is 7.89. The smallest absolute Gasteiger partial charge is 0.335 e. The Bertz CT molecular complexity index is 1420. The zero-order valence-electron chi connectivity index (χ0n) is 18.0. The first-order valence-corrected chi connectivity index (χ1v) is 11.8. The molecule has 3 aromatic rings. The van der Waals surface area contributed by atoms with E-state index >= 15 is 4.39 Å². The number of hydrogen-bond acceptors (Lipinski definition) is 4. The number of benzene rings is 1. The monoisotopic (exact) mass is 498 g/mol. The molecule has 4 rings (SSSR count). The molecule has 0 radical (unpaired) electrons. The molecular formula is C22H19F5N4O2S. The third-order valence-corrected chi connectivity index (χ3v) is 7.60. The van der Waals surface area contributed by atoms with E-state index in [2.05, 4.69) is 4.98 Å². The van der Waals surface area contributed by atoms with Crippen molar-refractivity contribution in [1.29, 1.82) is 5.26 Å². The zero-order chi connectivity index (χ0) is 25.0. The molecule has 1 N–H and O–H groups in total. The molecule has 1 atom stereocenters. The number of hydrogen-bond donors (Lipinski definition) is 1. The van der Waals surface area contributed by atoms with Gasteiger partial charge in [-0.15, -0.1) is 0 Å². The lowest BCUT2D eigenvalue weighted by molar-refractivity contribution is -0.147. The van der Waals surface area contributed by atoms with E-state index in [0.29, 0.717) is 19.8 Å². The Morgan fingerprint density at radius 1 is 1.26 bits per heavy atom. The van der Waals surface area contributed by atoms with E-state index in [-0.39, 0.29) is 39.5 Å². The summed E-state index contributed by atoms with van der Waals surface area (Å²) in [7, 11) is -4.53. The van der Waals surface area contributed by atoms with Gasteiger partial charge in [-0.3, -0.25) is 4.98 Å². The third kappa shape index (κ3) is 3.92. The number of halogens is 5. The van der Waals surface area contributed by atoms with Crippen LogP contribution in [0.4, 0.5) is 22.0 Å². The van der Waals surface area contributed by atoms with Crippen LogP contribution in [0.2, 0.25) is 0 Å². The lowest BCUT2D eigenvalue weighted by atomic mass is 9.92. The van der Waals surface area contributed by atoms with E-state index in [4.69, 9.17) is 0 Å². The maximum atomic E-state index is 15.0. The van der Waals surface area contributed by atoms with Gasteiger partial charge in [0, 0.05) is 17.8 Å². The van der Waals surface area contributed by atoms with Gasteiger partial charge in [0.2, 0.25) is 10.0 Å². The summed E-state index contributed by atoms with van der Waals surface area (Å²) < 4.78 is 95.7. The number of pyridine rings is 1. The van der Waals surface area contributed by atoms with E-state index in [1.807, 2.05) is 6.07 Å². The van der Waals surface area contributed by atoms with Gasteiger partial charge in [-0.05, 0) is 51.3 Å².